The summed E-state index contributed by atoms with van der Waals surface area (Å²) >= 11 is 0. The highest BCUT2D eigenvalue weighted by molar-refractivity contribution is 5.37. The van der Waals surface area contributed by atoms with E-state index in [1.165, 1.54) is 0 Å². The van der Waals surface area contributed by atoms with Crippen LogP contribution in [-0.2, 0) is 13.5 Å². The fraction of sp³-hybridized carbons (Fsp3) is 0.385. The number of rotatable bonds is 5. The summed E-state index contributed by atoms with van der Waals surface area (Å²) in [7, 11) is 3.52. The molecule has 2 aromatic heterocycles. The second-order valence-corrected chi connectivity index (χ2v) is 4.25. The lowest BCUT2D eigenvalue weighted by Gasteiger charge is -2.17. The lowest BCUT2D eigenvalue weighted by Crippen LogP contribution is -2.30. The molecule has 6 heteroatoms. The van der Waals surface area contributed by atoms with E-state index >= 15 is 0 Å². The number of hydrazine groups is 1. The molecule has 0 saturated carbocycles. The molecule has 0 radical (unpaired) electrons. The quantitative estimate of drug-likeness (QED) is 0.618. The Labute approximate surface area is 112 Å². The predicted octanol–water partition coefficient (Wildman–Crippen LogP) is 0.939. The zero-order valence-electron chi connectivity index (χ0n) is 11.4. The predicted molar refractivity (Wildman–Crippen MR) is 72.5 cm³/mol. The normalized spacial score (nSPS) is 12.4. The van der Waals surface area contributed by atoms with Crippen molar-refractivity contribution in [3.8, 4) is 5.75 Å². The van der Waals surface area contributed by atoms with Crippen LogP contribution in [0.1, 0.15) is 29.9 Å². The number of aryl methyl sites for hydroxylation is 2. The van der Waals surface area contributed by atoms with Gasteiger partial charge in [-0.2, -0.15) is 5.10 Å². The van der Waals surface area contributed by atoms with Gasteiger partial charge in [0.2, 0.25) is 0 Å². The third-order valence-electron chi connectivity index (χ3n) is 3.04. The Morgan fingerprint density at radius 1 is 1.53 bits per heavy atom. The van der Waals surface area contributed by atoms with E-state index in [-0.39, 0.29) is 6.04 Å². The summed E-state index contributed by atoms with van der Waals surface area (Å²) in [5, 5.41) is 4.43. The molecule has 0 fully saturated rings. The van der Waals surface area contributed by atoms with Crippen LogP contribution in [0.2, 0.25) is 0 Å². The molecule has 0 aliphatic carbocycles. The highest BCUT2D eigenvalue weighted by Crippen LogP contribution is 2.29. The molecule has 0 saturated heterocycles. The number of nitrogens with two attached hydrogens (primary N) is 1. The Morgan fingerprint density at radius 3 is 2.95 bits per heavy atom. The van der Waals surface area contributed by atoms with Gasteiger partial charge >= 0.3 is 0 Å². The minimum Gasteiger partial charge on any atom is -0.495 e. The maximum Gasteiger partial charge on any atom is 0.142 e. The van der Waals surface area contributed by atoms with Crippen LogP contribution < -0.4 is 16.0 Å². The van der Waals surface area contributed by atoms with Gasteiger partial charge in [-0.25, -0.2) is 5.43 Å². The Kier molecular flexibility index (Phi) is 4.13. The van der Waals surface area contributed by atoms with Crippen molar-refractivity contribution in [1.82, 2.24) is 20.2 Å². The maximum atomic E-state index is 5.71. The van der Waals surface area contributed by atoms with Crippen LogP contribution in [-0.4, -0.2) is 21.9 Å². The summed E-state index contributed by atoms with van der Waals surface area (Å²) in [4.78, 5) is 4.38. The summed E-state index contributed by atoms with van der Waals surface area (Å²) in [6.45, 7) is 2.06. The SMILES string of the molecule is CCc1nn(C)cc1C(NN)c1ncccc1OC. The summed E-state index contributed by atoms with van der Waals surface area (Å²) in [6.07, 6.45) is 4.52. The molecular weight excluding hydrogens is 242 g/mol. The monoisotopic (exact) mass is 261 g/mol. The molecule has 0 aliphatic rings. The van der Waals surface area contributed by atoms with Gasteiger partial charge in [-0.1, -0.05) is 6.92 Å². The molecule has 1 atom stereocenters. The van der Waals surface area contributed by atoms with E-state index in [4.69, 9.17) is 10.6 Å². The summed E-state index contributed by atoms with van der Waals surface area (Å²) in [5.41, 5.74) is 5.58. The first-order chi connectivity index (χ1) is 9.21. The van der Waals surface area contributed by atoms with Crippen LogP contribution in [0.4, 0.5) is 0 Å². The van der Waals surface area contributed by atoms with Gasteiger partial charge in [0.1, 0.15) is 11.4 Å². The topological polar surface area (TPSA) is 78.0 Å². The lowest BCUT2D eigenvalue weighted by molar-refractivity contribution is 0.400. The van der Waals surface area contributed by atoms with Crippen LogP contribution in [0, 0.1) is 0 Å². The zero-order chi connectivity index (χ0) is 13.8. The third-order valence-corrected chi connectivity index (χ3v) is 3.04. The van der Waals surface area contributed by atoms with Crippen LogP contribution in [0.15, 0.2) is 24.5 Å². The van der Waals surface area contributed by atoms with Gasteiger partial charge in [0.15, 0.2) is 0 Å². The molecule has 2 aromatic rings. The van der Waals surface area contributed by atoms with E-state index in [1.807, 2.05) is 25.4 Å². The average Bonchev–Trinajstić information content (AvgIpc) is 2.81. The third kappa shape index (κ3) is 2.59. The van der Waals surface area contributed by atoms with Crippen molar-refractivity contribution in [3.05, 3.63) is 41.5 Å². The Morgan fingerprint density at radius 2 is 2.32 bits per heavy atom. The van der Waals surface area contributed by atoms with Crippen molar-refractivity contribution in [3.63, 3.8) is 0 Å². The largest absolute Gasteiger partial charge is 0.495 e. The highest BCUT2D eigenvalue weighted by atomic mass is 16.5. The number of aromatic nitrogens is 3. The van der Waals surface area contributed by atoms with E-state index in [1.54, 1.807) is 18.0 Å². The molecule has 102 valence electrons. The summed E-state index contributed by atoms with van der Waals surface area (Å²) in [5.74, 6) is 6.42. The van der Waals surface area contributed by atoms with E-state index < -0.39 is 0 Å². The van der Waals surface area contributed by atoms with Gasteiger partial charge in [-0.3, -0.25) is 15.5 Å². The maximum absolute atomic E-state index is 5.71. The van der Waals surface area contributed by atoms with Crippen molar-refractivity contribution in [2.45, 2.75) is 19.4 Å². The molecule has 1 unspecified atom stereocenters. The summed E-state index contributed by atoms with van der Waals surface area (Å²) < 4.78 is 7.13. The average molecular weight is 261 g/mol. The highest BCUT2D eigenvalue weighted by Gasteiger charge is 2.22. The number of methoxy groups -OCH3 is 1. The lowest BCUT2D eigenvalue weighted by atomic mass is 10.0. The minimum atomic E-state index is -0.236. The van der Waals surface area contributed by atoms with Crippen molar-refractivity contribution in [1.29, 1.82) is 0 Å². The van der Waals surface area contributed by atoms with E-state index in [0.717, 1.165) is 23.4 Å². The molecule has 19 heavy (non-hydrogen) atoms. The Balaban J connectivity index is 2.49. The molecule has 0 bridgehead atoms. The molecule has 0 amide bonds. The number of hydrogen-bond donors (Lipinski definition) is 2. The number of hydrogen-bond acceptors (Lipinski definition) is 5. The van der Waals surface area contributed by atoms with E-state index in [0.29, 0.717) is 5.75 Å². The zero-order valence-corrected chi connectivity index (χ0v) is 11.4. The first-order valence-electron chi connectivity index (χ1n) is 6.18. The van der Waals surface area contributed by atoms with Gasteiger partial charge in [-0.05, 0) is 18.6 Å². The van der Waals surface area contributed by atoms with E-state index in [9.17, 15) is 0 Å². The molecular formula is C13H19N5O. The number of nitrogens with zero attached hydrogens (tertiary/aromatic N) is 3. The molecule has 6 nitrogen and oxygen atoms in total. The Hall–Kier alpha value is -1.92. The molecule has 2 rings (SSSR count). The second kappa shape index (κ2) is 5.81. The number of ether oxygens (including phenoxy) is 1. The van der Waals surface area contributed by atoms with Crippen LogP contribution >= 0.6 is 0 Å². The van der Waals surface area contributed by atoms with Gasteiger partial charge in [0, 0.05) is 25.0 Å². The van der Waals surface area contributed by atoms with Gasteiger partial charge in [0.05, 0.1) is 18.8 Å². The van der Waals surface area contributed by atoms with Crippen molar-refractivity contribution in [2.75, 3.05) is 7.11 Å². The fourth-order valence-corrected chi connectivity index (χ4v) is 2.18. The second-order valence-electron chi connectivity index (χ2n) is 4.25. The minimum absolute atomic E-state index is 0.236. The first kappa shape index (κ1) is 13.5. The van der Waals surface area contributed by atoms with Crippen LogP contribution in [0.3, 0.4) is 0 Å². The van der Waals surface area contributed by atoms with Crippen molar-refractivity contribution < 1.29 is 4.74 Å². The van der Waals surface area contributed by atoms with Crippen LogP contribution in [0.5, 0.6) is 5.75 Å². The smallest absolute Gasteiger partial charge is 0.142 e. The van der Waals surface area contributed by atoms with Gasteiger partial charge in [0.25, 0.3) is 0 Å². The molecule has 3 N–H and O–H groups in total. The molecule has 0 spiro atoms. The Bertz CT molecular complexity index is 552. The standard InChI is InChI=1S/C13H19N5O/c1-4-10-9(8-18(2)17-10)12(16-14)13-11(19-3)6-5-7-15-13/h5-8,12,16H,4,14H2,1-3H3. The van der Waals surface area contributed by atoms with Crippen LogP contribution in [0.25, 0.3) is 0 Å². The van der Waals surface area contributed by atoms with Crippen molar-refractivity contribution >= 4 is 0 Å². The van der Waals surface area contributed by atoms with E-state index in [2.05, 4.69) is 22.4 Å². The number of nitrogens with one attached hydrogen (secondary N) is 1. The van der Waals surface area contributed by atoms with Gasteiger partial charge < -0.3 is 4.74 Å². The van der Waals surface area contributed by atoms with Crippen molar-refractivity contribution in [2.24, 2.45) is 12.9 Å². The number of pyridine rings is 1. The molecule has 0 aromatic carbocycles. The van der Waals surface area contributed by atoms with Gasteiger partial charge in [-0.15, -0.1) is 0 Å². The molecule has 2 heterocycles. The summed E-state index contributed by atoms with van der Waals surface area (Å²) in [6, 6.07) is 3.47. The molecule has 0 aliphatic heterocycles. The fourth-order valence-electron chi connectivity index (χ4n) is 2.18. The first-order valence-corrected chi connectivity index (χ1v) is 6.18.